The summed E-state index contributed by atoms with van der Waals surface area (Å²) in [6.07, 6.45) is 3.01. The second kappa shape index (κ2) is 4.33. The van der Waals surface area contributed by atoms with Gasteiger partial charge >= 0.3 is 5.97 Å². The average molecular weight is 236 g/mol. The molecule has 82 valence electrons. The summed E-state index contributed by atoms with van der Waals surface area (Å²) in [5.41, 5.74) is 6.44. The first kappa shape index (κ1) is 10.7. The van der Waals surface area contributed by atoms with Crippen molar-refractivity contribution in [3.63, 3.8) is 0 Å². The van der Waals surface area contributed by atoms with Crippen LogP contribution in [0.2, 0.25) is 0 Å². The topological polar surface area (TPSA) is 102 Å². The highest BCUT2D eigenvalue weighted by Crippen LogP contribution is 2.23. The molecule has 0 aliphatic heterocycles. The Morgan fingerprint density at radius 3 is 3.00 bits per heavy atom. The Balaban J connectivity index is 2.30. The van der Waals surface area contributed by atoms with Gasteiger partial charge in [0.2, 0.25) is 0 Å². The number of hydrogen-bond acceptors (Lipinski definition) is 6. The second-order valence-corrected chi connectivity index (χ2v) is 3.85. The van der Waals surface area contributed by atoms with E-state index in [1.807, 2.05) is 0 Å². The molecule has 2 aromatic rings. The van der Waals surface area contributed by atoms with E-state index in [0.29, 0.717) is 16.4 Å². The van der Waals surface area contributed by atoms with Gasteiger partial charge in [-0.1, -0.05) is 0 Å². The summed E-state index contributed by atoms with van der Waals surface area (Å²) in [4.78, 5) is 22.6. The SMILES string of the molecule is NC(C(=O)O)c1csc(-c2ccncn2)n1. The summed E-state index contributed by atoms with van der Waals surface area (Å²) < 4.78 is 0. The second-order valence-electron chi connectivity index (χ2n) is 2.99. The van der Waals surface area contributed by atoms with Crippen LogP contribution in [0.3, 0.4) is 0 Å². The van der Waals surface area contributed by atoms with Crippen LogP contribution in [0.1, 0.15) is 11.7 Å². The van der Waals surface area contributed by atoms with Crippen LogP contribution in [0.5, 0.6) is 0 Å². The molecule has 0 aliphatic carbocycles. The van der Waals surface area contributed by atoms with Gasteiger partial charge in [0.25, 0.3) is 0 Å². The highest BCUT2D eigenvalue weighted by molar-refractivity contribution is 7.13. The van der Waals surface area contributed by atoms with Gasteiger partial charge in [0, 0.05) is 11.6 Å². The van der Waals surface area contributed by atoms with E-state index in [1.165, 1.54) is 17.7 Å². The van der Waals surface area contributed by atoms with E-state index in [9.17, 15) is 4.79 Å². The standard InChI is InChI=1S/C9H8N4O2S/c10-7(9(14)15)6-3-16-8(13-6)5-1-2-11-4-12-5/h1-4,7H,10H2,(H,14,15). The molecular formula is C9H8N4O2S. The van der Waals surface area contributed by atoms with Crippen LogP contribution in [-0.2, 0) is 4.79 Å². The lowest BCUT2D eigenvalue weighted by molar-refractivity contribution is -0.138. The van der Waals surface area contributed by atoms with Crippen LogP contribution in [0, 0.1) is 0 Å². The maximum atomic E-state index is 10.7. The first-order valence-corrected chi connectivity index (χ1v) is 5.26. The average Bonchev–Trinajstić information content (AvgIpc) is 2.78. The van der Waals surface area contributed by atoms with E-state index < -0.39 is 12.0 Å². The van der Waals surface area contributed by atoms with Crippen molar-refractivity contribution in [2.45, 2.75) is 6.04 Å². The fourth-order valence-electron chi connectivity index (χ4n) is 1.09. The number of hydrogen-bond donors (Lipinski definition) is 2. The Kier molecular flexibility index (Phi) is 2.88. The Hall–Kier alpha value is -1.86. The lowest BCUT2D eigenvalue weighted by atomic mass is 10.2. The molecule has 0 amide bonds. The fourth-order valence-corrected chi connectivity index (χ4v) is 1.92. The number of aliphatic carboxylic acids is 1. The molecule has 1 atom stereocenters. The quantitative estimate of drug-likeness (QED) is 0.812. The van der Waals surface area contributed by atoms with Crippen LogP contribution >= 0.6 is 11.3 Å². The van der Waals surface area contributed by atoms with Crippen LogP contribution in [-0.4, -0.2) is 26.0 Å². The molecule has 0 saturated carbocycles. The van der Waals surface area contributed by atoms with E-state index in [2.05, 4.69) is 15.0 Å². The van der Waals surface area contributed by atoms with Crippen molar-refractivity contribution in [1.29, 1.82) is 0 Å². The Morgan fingerprint density at radius 2 is 2.38 bits per heavy atom. The van der Waals surface area contributed by atoms with Gasteiger partial charge < -0.3 is 10.8 Å². The van der Waals surface area contributed by atoms with Gasteiger partial charge in [-0.15, -0.1) is 11.3 Å². The number of carboxylic acids is 1. The van der Waals surface area contributed by atoms with Crippen molar-refractivity contribution in [2.75, 3.05) is 0 Å². The van der Waals surface area contributed by atoms with Gasteiger partial charge in [-0.3, -0.25) is 4.79 Å². The summed E-state index contributed by atoms with van der Waals surface area (Å²) in [6.45, 7) is 0. The molecule has 3 N–H and O–H groups in total. The smallest absolute Gasteiger partial charge is 0.326 e. The molecule has 7 heteroatoms. The summed E-state index contributed by atoms with van der Waals surface area (Å²) in [7, 11) is 0. The molecular weight excluding hydrogens is 228 g/mol. The van der Waals surface area contributed by atoms with Crippen LogP contribution in [0.25, 0.3) is 10.7 Å². The molecule has 0 radical (unpaired) electrons. The maximum absolute atomic E-state index is 10.7. The third-order valence-electron chi connectivity index (χ3n) is 1.91. The van der Waals surface area contributed by atoms with Crippen molar-refractivity contribution in [1.82, 2.24) is 15.0 Å². The lowest BCUT2D eigenvalue weighted by Crippen LogP contribution is -2.20. The number of nitrogens with two attached hydrogens (primary N) is 1. The zero-order chi connectivity index (χ0) is 11.5. The summed E-state index contributed by atoms with van der Waals surface area (Å²) in [5.74, 6) is -1.10. The van der Waals surface area contributed by atoms with Crippen molar-refractivity contribution in [3.05, 3.63) is 29.7 Å². The molecule has 0 spiro atoms. The van der Waals surface area contributed by atoms with Crippen molar-refractivity contribution >= 4 is 17.3 Å². The Morgan fingerprint density at radius 1 is 1.56 bits per heavy atom. The third-order valence-corrected chi connectivity index (χ3v) is 2.79. The molecule has 6 nitrogen and oxygen atoms in total. The zero-order valence-corrected chi connectivity index (χ0v) is 8.89. The molecule has 1 unspecified atom stereocenters. The highest BCUT2D eigenvalue weighted by Gasteiger charge is 2.18. The molecule has 0 aliphatic rings. The fraction of sp³-hybridized carbons (Fsp3) is 0.111. The van der Waals surface area contributed by atoms with Gasteiger partial charge in [-0.2, -0.15) is 0 Å². The molecule has 2 heterocycles. The number of rotatable bonds is 3. The van der Waals surface area contributed by atoms with E-state index in [4.69, 9.17) is 10.8 Å². The molecule has 16 heavy (non-hydrogen) atoms. The van der Waals surface area contributed by atoms with E-state index in [-0.39, 0.29) is 0 Å². The van der Waals surface area contributed by atoms with Crippen LogP contribution in [0.4, 0.5) is 0 Å². The van der Waals surface area contributed by atoms with E-state index in [1.54, 1.807) is 17.6 Å². The number of nitrogens with zero attached hydrogens (tertiary/aromatic N) is 3. The number of carboxylic acid groups (broad SMARTS) is 1. The van der Waals surface area contributed by atoms with E-state index >= 15 is 0 Å². The van der Waals surface area contributed by atoms with Crippen LogP contribution in [0.15, 0.2) is 24.0 Å². The van der Waals surface area contributed by atoms with Gasteiger partial charge in [-0.25, -0.2) is 15.0 Å². The third kappa shape index (κ3) is 2.05. The predicted octanol–water partition coefficient (Wildman–Crippen LogP) is 0.684. The molecule has 0 saturated heterocycles. The first-order chi connectivity index (χ1) is 7.68. The van der Waals surface area contributed by atoms with Crippen molar-refractivity contribution < 1.29 is 9.90 Å². The summed E-state index contributed by atoms with van der Waals surface area (Å²) >= 11 is 1.30. The highest BCUT2D eigenvalue weighted by atomic mass is 32.1. The van der Waals surface area contributed by atoms with Gasteiger partial charge in [0.15, 0.2) is 0 Å². The number of aromatic nitrogens is 3. The maximum Gasteiger partial charge on any atom is 0.326 e. The minimum atomic E-state index is -1.10. The molecule has 2 aromatic heterocycles. The molecule has 0 fully saturated rings. The monoisotopic (exact) mass is 236 g/mol. The Labute approximate surface area is 94.8 Å². The minimum absolute atomic E-state index is 0.339. The minimum Gasteiger partial charge on any atom is -0.480 e. The normalized spacial score (nSPS) is 12.3. The van der Waals surface area contributed by atoms with E-state index in [0.717, 1.165) is 0 Å². The predicted molar refractivity (Wildman–Crippen MR) is 57.7 cm³/mol. The van der Waals surface area contributed by atoms with Gasteiger partial charge in [0.1, 0.15) is 23.1 Å². The lowest BCUT2D eigenvalue weighted by Gasteiger charge is -2.00. The molecule has 2 rings (SSSR count). The van der Waals surface area contributed by atoms with Gasteiger partial charge in [-0.05, 0) is 6.07 Å². The first-order valence-electron chi connectivity index (χ1n) is 4.38. The Bertz CT molecular complexity index is 499. The molecule has 0 bridgehead atoms. The number of carbonyl (C=O) groups is 1. The number of thiazole rings is 1. The van der Waals surface area contributed by atoms with Crippen LogP contribution < -0.4 is 5.73 Å². The largest absolute Gasteiger partial charge is 0.480 e. The van der Waals surface area contributed by atoms with Crippen molar-refractivity contribution in [2.24, 2.45) is 5.73 Å². The van der Waals surface area contributed by atoms with Gasteiger partial charge in [0.05, 0.1) is 5.69 Å². The zero-order valence-electron chi connectivity index (χ0n) is 8.07. The van der Waals surface area contributed by atoms with Crippen molar-refractivity contribution in [3.8, 4) is 10.7 Å². The summed E-state index contributed by atoms with van der Waals surface area (Å²) in [5, 5.41) is 11.0. The molecule has 0 aromatic carbocycles. The summed E-state index contributed by atoms with van der Waals surface area (Å²) in [6, 6.07) is 0.612.